The predicted octanol–water partition coefficient (Wildman–Crippen LogP) is 3.40. The van der Waals surface area contributed by atoms with Gasteiger partial charge in [0.25, 0.3) is 0 Å². The van der Waals surface area contributed by atoms with Crippen molar-refractivity contribution in [3.8, 4) is 0 Å². The molecule has 3 N–H and O–H groups in total. The molecule has 0 atom stereocenters. The largest absolute Gasteiger partial charge is 0.397 e. The lowest BCUT2D eigenvalue weighted by Gasteiger charge is -2.17. The molecule has 1 aromatic rings. The van der Waals surface area contributed by atoms with Gasteiger partial charge >= 0.3 is 6.03 Å². The van der Waals surface area contributed by atoms with Crippen molar-refractivity contribution in [1.82, 2.24) is 4.90 Å². The molecule has 1 fully saturated rings. The van der Waals surface area contributed by atoms with Gasteiger partial charge in [-0.25, -0.2) is 4.79 Å². The minimum atomic E-state index is -0.0400. The molecule has 1 aliphatic heterocycles. The average Bonchev–Trinajstić information content (AvgIpc) is 2.93. The maximum absolute atomic E-state index is 12.0. The van der Waals surface area contributed by atoms with E-state index >= 15 is 0 Å². The number of nitrogens with one attached hydrogen (secondary N) is 1. The molecule has 1 saturated heterocycles. The van der Waals surface area contributed by atoms with Gasteiger partial charge in [-0.2, -0.15) is 0 Å². The summed E-state index contributed by atoms with van der Waals surface area (Å²) in [7, 11) is 0. The van der Waals surface area contributed by atoms with E-state index in [0.29, 0.717) is 5.69 Å². The van der Waals surface area contributed by atoms with Gasteiger partial charge in [-0.1, -0.05) is 6.92 Å². The first-order valence-corrected chi connectivity index (χ1v) is 7.77. The monoisotopic (exact) mass is 279 g/mol. The Balaban J connectivity index is 2.03. The second kappa shape index (κ2) is 6.70. The van der Waals surface area contributed by atoms with Gasteiger partial charge in [0.15, 0.2) is 0 Å². The number of anilines is 2. The summed E-state index contributed by atoms with van der Waals surface area (Å²) < 4.78 is 0. The predicted molar refractivity (Wildman–Crippen MR) is 81.7 cm³/mol. The third kappa shape index (κ3) is 3.80. The second-order valence-corrected chi connectivity index (χ2v) is 5.89. The van der Waals surface area contributed by atoms with E-state index < -0.39 is 0 Å². The molecule has 104 valence electrons. The van der Waals surface area contributed by atoms with Crippen LogP contribution < -0.4 is 11.1 Å². The number of carbonyl (C=O) groups is 1. The van der Waals surface area contributed by atoms with Crippen LogP contribution >= 0.6 is 11.8 Å². The maximum Gasteiger partial charge on any atom is 0.321 e. The first kappa shape index (κ1) is 14.1. The quantitative estimate of drug-likeness (QED) is 0.656. The number of amides is 2. The summed E-state index contributed by atoms with van der Waals surface area (Å²) in [6, 6.07) is 5.78. The van der Waals surface area contributed by atoms with Gasteiger partial charge in [0.05, 0.1) is 11.4 Å². The van der Waals surface area contributed by atoms with E-state index in [1.54, 1.807) is 11.8 Å². The van der Waals surface area contributed by atoms with Crippen molar-refractivity contribution < 1.29 is 4.79 Å². The highest BCUT2D eigenvalue weighted by Crippen LogP contribution is 2.27. The fourth-order valence-electron chi connectivity index (χ4n) is 2.07. The normalized spacial score (nSPS) is 14.7. The van der Waals surface area contributed by atoms with Crippen molar-refractivity contribution in [1.29, 1.82) is 0 Å². The Hall–Kier alpha value is -1.36. The molecule has 0 radical (unpaired) electrons. The van der Waals surface area contributed by atoms with Crippen LogP contribution in [0, 0.1) is 0 Å². The molecule has 1 aliphatic rings. The van der Waals surface area contributed by atoms with Crippen molar-refractivity contribution in [3.05, 3.63) is 18.2 Å². The molecular formula is C14H21N3OS. The molecule has 1 heterocycles. The van der Waals surface area contributed by atoms with Crippen LogP contribution in [0.3, 0.4) is 0 Å². The number of hydrogen-bond donors (Lipinski definition) is 2. The number of nitrogens with two attached hydrogens (primary N) is 1. The third-order valence-electron chi connectivity index (χ3n) is 3.13. The molecule has 5 heteroatoms. The SMILES string of the molecule is CCCSc1ccc(N)c(NC(=O)N2CCCC2)c1. The Kier molecular flexibility index (Phi) is 4.96. The summed E-state index contributed by atoms with van der Waals surface area (Å²) >= 11 is 1.78. The van der Waals surface area contributed by atoms with E-state index in [2.05, 4.69) is 12.2 Å². The summed E-state index contributed by atoms with van der Waals surface area (Å²) in [6.45, 7) is 3.84. The fraction of sp³-hybridized carbons (Fsp3) is 0.500. The smallest absolute Gasteiger partial charge is 0.321 e. The number of nitrogen functional groups attached to an aromatic ring is 1. The third-order valence-corrected chi connectivity index (χ3v) is 4.33. The molecule has 0 aliphatic carbocycles. The fourth-order valence-corrected chi connectivity index (χ4v) is 2.87. The van der Waals surface area contributed by atoms with Crippen LogP contribution in [0.25, 0.3) is 0 Å². The Labute approximate surface area is 118 Å². The Morgan fingerprint density at radius 3 is 2.84 bits per heavy atom. The molecular weight excluding hydrogens is 258 g/mol. The van der Waals surface area contributed by atoms with Crippen LogP contribution in [-0.2, 0) is 0 Å². The molecule has 0 bridgehead atoms. The number of likely N-dealkylation sites (tertiary alicyclic amines) is 1. The van der Waals surface area contributed by atoms with E-state index in [-0.39, 0.29) is 6.03 Å². The average molecular weight is 279 g/mol. The van der Waals surface area contributed by atoms with Crippen LogP contribution in [0.5, 0.6) is 0 Å². The van der Waals surface area contributed by atoms with Gasteiger partial charge in [-0.15, -0.1) is 11.8 Å². The number of hydrogen-bond acceptors (Lipinski definition) is 3. The summed E-state index contributed by atoms with van der Waals surface area (Å²) in [5, 5.41) is 2.92. The number of rotatable bonds is 4. The van der Waals surface area contributed by atoms with Crippen molar-refractivity contribution in [2.24, 2.45) is 0 Å². The first-order chi connectivity index (χ1) is 9.20. The van der Waals surface area contributed by atoms with E-state index in [9.17, 15) is 4.79 Å². The lowest BCUT2D eigenvalue weighted by Crippen LogP contribution is -2.32. The van der Waals surface area contributed by atoms with Crippen LogP contribution in [0.1, 0.15) is 26.2 Å². The maximum atomic E-state index is 12.0. The van der Waals surface area contributed by atoms with Gasteiger partial charge in [0.2, 0.25) is 0 Å². The molecule has 0 saturated carbocycles. The highest BCUT2D eigenvalue weighted by atomic mass is 32.2. The van der Waals surface area contributed by atoms with Crippen molar-refractivity contribution >= 4 is 29.2 Å². The minimum Gasteiger partial charge on any atom is -0.397 e. The van der Waals surface area contributed by atoms with E-state index in [4.69, 9.17) is 5.73 Å². The van der Waals surface area contributed by atoms with Crippen molar-refractivity contribution in [2.45, 2.75) is 31.1 Å². The van der Waals surface area contributed by atoms with Gasteiger partial charge in [-0.3, -0.25) is 0 Å². The molecule has 19 heavy (non-hydrogen) atoms. The van der Waals surface area contributed by atoms with Gasteiger partial charge < -0.3 is 16.0 Å². The van der Waals surface area contributed by atoms with Crippen LogP contribution in [0.4, 0.5) is 16.2 Å². The standard InChI is InChI=1S/C14H21N3OS/c1-2-9-19-11-5-6-12(15)13(10-11)16-14(18)17-7-3-4-8-17/h5-6,10H,2-4,7-9,15H2,1H3,(H,16,18). The molecule has 1 aromatic carbocycles. The lowest BCUT2D eigenvalue weighted by molar-refractivity contribution is 0.222. The summed E-state index contributed by atoms with van der Waals surface area (Å²) in [5.41, 5.74) is 7.26. The zero-order valence-electron chi connectivity index (χ0n) is 11.3. The van der Waals surface area contributed by atoms with Crippen molar-refractivity contribution in [2.75, 3.05) is 29.9 Å². The number of nitrogens with zero attached hydrogens (tertiary/aromatic N) is 1. The Bertz CT molecular complexity index is 444. The molecule has 0 aromatic heterocycles. The Morgan fingerprint density at radius 1 is 1.42 bits per heavy atom. The summed E-state index contributed by atoms with van der Waals surface area (Å²) in [4.78, 5) is 15.0. The van der Waals surface area contributed by atoms with Crippen LogP contribution in [0.15, 0.2) is 23.1 Å². The first-order valence-electron chi connectivity index (χ1n) is 6.79. The second-order valence-electron chi connectivity index (χ2n) is 4.72. The molecule has 2 amide bonds. The highest BCUT2D eigenvalue weighted by Gasteiger charge is 2.18. The molecule has 2 rings (SSSR count). The zero-order valence-corrected chi connectivity index (χ0v) is 12.1. The van der Waals surface area contributed by atoms with E-state index in [1.807, 2.05) is 23.1 Å². The summed E-state index contributed by atoms with van der Waals surface area (Å²) in [5.74, 6) is 1.07. The topological polar surface area (TPSA) is 58.4 Å². The number of urea groups is 1. The van der Waals surface area contributed by atoms with Gasteiger partial charge in [-0.05, 0) is 43.2 Å². The summed E-state index contributed by atoms with van der Waals surface area (Å²) in [6.07, 6.45) is 3.31. The molecule has 4 nitrogen and oxygen atoms in total. The van der Waals surface area contributed by atoms with Crippen molar-refractivity contribution in [3.63, 3.8) is 0 Å². The highest BCUT2D eigenvalue weighted by molar-refractivity contribution is 7.99. The molecule has 0 unspecified atom stereocenters. The Morgan fingerprint density at radius 2 is 2.16 bits per heavy atom. The van der Waals surface area contributed by atoms with Gasteiger partial charge in [0.1, 0.15) is 0 Å². The van der Waals surface area contributed by atoms with Crippen LogP contribution in [0.2, 0.25) is 0 Å². The number of thioether (sulfide) groups is 1. The number of carbonyl (C=O) groups excluding carboxylic acids is 1. The number of benzene rings is 1. The molecule has 0 spiro atoms. The van der Waals surface area contributed by atoms with E-state index in [1.165, 1.54) is 0 Å². The minimum absolute atomic E-state index is 0.0400. The lowest BCUT2D eigenvalue weighted by atomic mass is 10.3. The van der Waals surface area contributed by atoms with Gasteiger partial charge in [0, 0.05) is 18.0 Å². The van der Waals surface area contributed by atoms with E-state index in [0.717, 1.165) is 48.7 Å². The zero-order chi connectivity index (χ0) is 13.7. The van der Waals surface area contributed by atoms with Crippen LogP contribution in [-0.4, -0.2) is 29.8 Å².